The second-order valence-electron chi connectivity index (χ2n) is 8.64. The van der Waals surface area contributed by atoms with Crippen molar-refractivity contribution in [3.8, 4) is 0 Å². The Balaban J connectivity index is 1.68. The average molecular weight is 494 g/mol. The summed E-state index contributed by atoms with van der Waals surface area (Å²) in [5, 5.41) is 0. The summed E-state index contributed by atoms with van der Waals surface area (Å²) >= 11 is 0. The fourth-order valence-corrected chi connectivity index (χ4v) is 5.91. The average Bonchev–Trinajstić information content (AvgIpc) is 2.86. The van der Waals surface area contributed by atoms with Crippen LogP contribution in [0.15, 0.2) is 41.3 Å². The van der Waals surface area contributed by atoms with Gasteiger partial charge in [-0.15, -0.1) is 0 Å². The van der Waals surface area contributed by atoms with Crippen molar-refractivity contribution >= 4 is 21.6 Å². The molecule has 10 heteroatoms. The van der Waals surface area contributed by atoms with Gasteiger partial charge in [0.15, 0.2) is 0 Å². The van der Waals surface area contributed by atoms with E-state index in [9.17, 15) is 22.0 Å². The minimum absolute atomic E-state index is 0.0659. The number of sulfonamides is 1. The molecule has 0 atom stereocenters. The van der Waals surface area contributed by atoms with Gasteiger partial charge in [-0.25, -0.2) is 17.2 Å². The molecule has 0 N–H and O–H groups in total. The molecule has 34 heavy (non-hydrogen) atoms. The number of carbonyl (C=O) groups is 1. The van der Waals surface area contributed by atoms with Gasteiger partial charge >= 0.3 is 0 Å². The third-order valence-corrected chi connectivity index (χ3v) is 8.17. The van der Waals surface area contributed by atoms with E-state index >= 15 is 0 Å². The normalized spacial score (nSPS) is 17.6. The lowest BCUT2D eigenvalue weighted by Crippen LogP contribution is -2.39. The van der Waals surface area contributed by atoms with Crippen molar-refractivity contribution in [1.29, 1.82) is 0 Å². The molecular formula is C24H29F2N3O4S. The number of halogens is 2. The zero-order chi connectivity index (χ0) is 24.3. The number of rotatable bonds is 6. The smallest absolute Gasteiger partial charge is 0.256 e. The first kappa shape index (κ1) is 24.6. The van der Waals surface area contributed by atoms with Gasteiger partial charge in [0.05, 0.1) is 23.7 Å². The van der Waals surface area contributed by atoms with E-state index in [2.05, 4.69) is 0 Å². The van der Waals surface area contributed by atoms with E-state index in [1.807, 2.05) is 4.90 Å². The first-order chi connectivity index (χ1) is 16.3. The number of anilines is 1. The molecule has 1 amide bonds. The second kappa shape index (κ2) is 10.4. The van der Waals surface area contributed by atoms with Crippen LogP contribution in [0.1, 0.15) is 35.2 Å². The van der Waals surface area contributed by atoms with Gasteiger partial charge in [0.25, 0.3) is 5.91 Å². The predicted octanol–water partition coefficient (Wildman–Crippen LogP) is 3.25. The zero-order valence-electron chi connectivity index (χ0n) is 19.2. The highest BCUT2D eigenvalue weighted by atomic mass is 32.2. The Morgan fingerprint density at radius 1 is 1.00 bits per heavy atom. The summed E-state index contributed by atoms with van der Waals surface area (Å²) in [5.74, 6) is -1.88. The Morgan fingerprint density at radius 2 is 1.71 bits per heavy atom. The van der Waals surface area contributed by atoms with Crippen LogP contribution in [0.2, 0.25) is 0 Å². The van der Waals surface area contributed by atoms with Crippen LogP contribution in [-0.4, -0.2) is 70.0 Å². The van der Waals surface area contributed by atoms with E-state index in [0.717, 1.165) is 31.4 Å². The number of benzene rings is 2. The first-order valence-corrected chi connectivity index (χ1v) is 12.9. The van der Waals surface area contributed by atoms with E-state index < -0.39 is 27.6 Å². The number of hydrogen-bond acceptors (Lipinski definition) is 5. The van der Waals surface area contributed by atoms with Crippen molar-refractivity contribution in [1.82, 2.24) is 9.21 Å². The van der Waals surface area contributed by atoms with Crippen LogP contribution in [-0.2, 0) is 21.3 Å². The van der Waals surface area contributed by atoms with Gasteiger partial charge in [0, 0.05) is 57.1 Å². The number of hydrogen-bond donors (Lipinski definition) is 0. The summed E-state index contributed by atoms with van der Waals surface area (Å²) in [6, 6.07) is 7.86. The molecule has 0 radical (unpaired) electrons. The van der Waals surface area contributed by atoms with E-state index in [1.165, 1.54) is 28.4 Å². The van der Waals surface area contributed by atoms with Crippen LogP contribution in [0.3, 0.4) is 0 Å². The summed E-state index contributed by atoms with van der Waals surface area (Å²) in [5.41, 5.74) is 1.00. The molecule has 0 spiro atoms. The number of ether oxygens (including phenoxy) is 1. The Hall–Kier alpha value is -2.56. The molecule has 0 bridgehead atoms. The maximum absolute atomic E-state index is 14.2. The van der Waals surface area contributed by atoms with Crippen molar-refractivity contribution in [3.05, 3.63) is 59.2 Å². The van der Waals surface area contributed by atoms with Crippen molar-refractivity contribution < 1.29 is 26.7 Å². The molecule has 2 aromatic carbocycles. The number of amides is 1. The predicted molar refractivity (Wildman–Crippen MR) is 124 cm³/mol. The molecule has 2 aliphatic rings. The van der Waals surface area contributed by atoms with E-state index in [1.54, 1.807) is 12.1 Å². The van der Waals surface area contributed by atoms with Gasteiger partial charge in [0.1, 0.15) is 11.6 Å². The summed E-state index contributed by atoms with van der Waals surface area (Å²) in [4.78, 5) is 16.9. The quantitative estimate of drug-likeness (QED) is 0.618. The lowest BCUT2D eigenvalue weighted by Gasteiger charge is -2.32. The molecule has 0 aliphatic carbocycles. The minimum Gasteiger partial charge on any atom is -0.378 e. The third kappa shape index (κ3) is 5.24. The highest BCUT2D eigenvalue weighted by Crippen LogP contribution is 2.29. The Kier molecular flexibility index (Phi) is 7.49. The van der Waals surface area contributed by atoms with Crippen LogP contribution in [0.25, 0.3) is 0 Å². The Labute approximate surface area is 199 Å². The van der Waals surface area contributed by atoms with Gasteiger partial charge in [0.2, 0.25) is 10.0 Å². The van der Waals surface area contributed by atoms with Crippen molar-refractivity contribution in [2.45, 2.75) is 30.7 Å². The van der Waals surface area contributed by atoms with Crippen LogP contribution >= 0.6 is 0 Å². The van der Waals surface area contributed by atoms with Crippen molar-refractivity contribution in [2.75, 3.05) is 51.3 Å². The summed E-state index contributed by atoms with van der Waals surface area (Å²) < 4.78 is 60.9. The SMILES string of the molecule is CN(Cc1ccc(F)cc1F)C(=O)c1cc(S(=O)(=O)N2CCCCC2)ccc1N1CCOCC1. The lowest BCUT2D eigenvalue weighted by molar-refractivity contribution is 0.0783. The molecule has 184 valence electrons. The molecule has 2 saturated heterocycles. The fraction of sp³-hybridized carbons (Fsp3) is 0.458. The van der Waals surface area contributed by atoms with Gasteiger partial charge < -0.3 is 14.5 Å². The number of morpholine rings is 1. The number of nitrogens with zero attached hydrogens (tertiary/aromatic N) is 3. The van der Waals surface area contributed by atoms with Crippen molar-refractivity contribution in [3.63, 3.8) is 0 Å². The van der Waals surface area contributed by atoms with E-state index in [0.29, 0.717) is 45.1 Å². The molecule has 2 heterocycles. The van der Waals surface area contributed by atoms with Gasteiger partial charge in [-0.1, -0.05) is 12.5 Å². The Morgan fingerprint density at radius 3 is 2.38 bits per heavy atom. The molecule has 4 rings (SSSR count). The van der Waals surface area contributed by atoms with Crippen LogP contribution in [0.4, 0.5) is 14.5 Å². The molecule has 7 nitrogen and oxygen atoms in total. The number of carbonyl (C=O) groups excluding carboxylic acids is 1. The highest BCUT2D eigenvalue weighted by Gasteiger charge is 2.29. The number of piperidine rings is 1. The van der Waals surface area contributed by atoms with Crippen LogP contribution in [0, 0.1) is 11.6 Å². The monoisotopic (exact) mass is 493 g/mol. The maximum atomic E-state index is 14.2. The molecule has 0 aromatic heterocycles. The van der Waals surface area contributed by atoms with Crippen molar-refractivity contribution in [2.24, 2.45) is 0 Å². The first-order valence-electron chi connectivity index (χ1n) is 11.4. The highest BCUT2D eigenvalue weighted by molar-refractivity contribution is 7.89. The molecule has 0 saturated carbocycles. The molecule has 2 aromatic rings. The summed E-state index contributed by atoms with van der Waals surface area (Å²) in [6.45, 7) is 2.96. The molecule has 2 aliphatic heterocycles. The van der Waals surface area contributed by atoms with Crippen LogP contribution in [0.5, 0.6) is 0 Å². The van der Waals surface area contributed by atoms with E-state index in [4.69, 9.17) is 4.74 Å². The standard InChI is InChI=1S/C24H29F2N3O4S/c1-27(17-18-5-6-19(25)15-22(18)26)24(30)21-16-20(34(31,32)29-9-3-2-4-10-29)7-8-23(21)28-11-13-33-14-12-28/h5-8,15-16H,2-4,9-14,17H2,1H3. The molecule has 0 unspecified atom stereocenters. The summed E-state index contributed by atoms with van der Waals surface area (Å²) in [6.07, 6.45) is 2.61. The third-order valence-electron chi connectivity index (χ3n) is 6.27. The largest absolute Gasteiger partial charge is 0.378 e. The van der Waals surface area contributed by atoms with E-state index in [-0.39, 0.29) is 22.6 Å². The zero-order valence-corrected chi connectivity index (χ0v) is 20.0. The topological polar surface area (TPSA) is 70.2 Å². The van der Waals surface area contributed by atoms with Gasteiger partial charge in [-0.3, -0.25) is 4.79 Å². The fourth-order valence-electron chi connectivity index (χ4n) is 4.36. The maximum Gasteiger partial charge on any atom is 0.256 e. The molecular weight excluding hydrogens is 464 g/mol. The minimum atomic E-state index is -3.74. The summed E-state index contributed by atoms with van der Waals surface area (Å²) in [7, 11) is -2.23. The van der Waals surface area contributed by atoms with Crippen LogP contribution < -0.4 is 4.90 Å². The van der Waals surface area contributed by atoms with Gasteiger partial charge in [-0.2, -0.15) is 4.31 Å². The molecule has 2 fully saturated rings. The lowest BCUT2D eigenvalue weighted by atomic mass is 10.1. The second-order valence-corrected chi connectivity index (χ2v) is 10.6. The van der Waals surface area contributed by atoms with Gasteiger partial charge in [-0.05, 0) is 37.1 Å². The Bertz CT molecular complexity index is 1150.